The van der Waals surface area contributed by atoms with Gasteiger partial charge in [0.1, 0.15) is 0 Å². The Balaban J connectivity index is 2.45. The van der Waals surface area contributed by atoms with Gasteiger partial charge in [0.25, 0.3) is 0 Å². The molecular weight excluding hydrogens is 153 g/mol. The van der Waals surface area contributed by atoms with E-state index in [9.17, 15) is 0 Å². The van der Waals surface area contributed by atoms with Crippen molar-refractivity contribution < 1.29 is 0 Å². The molecule has 40 valence electrons. The second-order valence-corrected chi connectivity index (χ2v) is 2.02. The molecule has 0 rings (SSSR count). The Morgan fingerprint density at radius 3 is 2.57 bits per heavy atom. The van der Waals surface area contributed by atoms with Crippen molar-refractivity contribution in [3.05, 3.63) is 0 Å². The molecule has 3 heteroatoms. The van der Waals surface area contributed by atoms with Crippen LogP contribution in [0.1, 0.15) is 0 Å². The van der Waals surface area contributed by atoms with E-state index in [4.69, 9.17) is 7.85 Å². The van der Waals surface area contributed by atoms with Crippen molar-refractivity contribution in [3.63, 3.8) is 0 Å². The van der Waals surface area contributed by atoms with Gasteiger partial charge in [0.2, 0.25) is 0 Å². The van der Waals surface area contributed by atoms with Crippen molar-refractivity contribution in [1.82, 2.24) is 5.32 Å². The first-order chi connectivity index (χ1) is 3.41. The van der Waals surface area contributed by atoms with Gasteiger partial charge in [0, 0.05) is 11.9 Å². The first-order valence-corrected chi connectivity index (χ1v) is 3.50. The fraction of sp³-hybridized carbons (Fsp3) is 1.00. The van der Waals surface area contributed by atoms with Gasteiger partial charge < -0.3 is 5.32 Å². The van der Waals surface area contributed by atoms with Gasteiger partial charge in [-0.05, 0) is 6.54 Å². The number of rotatable bonds is 4. The summed E-state index contributed by atoms with van der Waals surface area (Å²) >= 11 is 3.28. The van der Waals surface area contributed by atoms with Crippen LogP contribution in [-0.4, -0.2) is 26.3 Å². The molecule has 0 aliphatic rings. The minimum atomic E-state index is 0.729. The number of hydrogen-bond donors (Lipinski definition) is 1. The highest BCUT2D eigenvalue weighted by Gasteiger charge is 1.77. The first-order valence-electron chi connectivity index (χ1n) is 2.38. The standard InChI is InChI=1S/C4H9BBrN/c5-1-3-7-4-2-6/h7H,1-4H2. The summed E-state index contributed by atoms with van der Waals surface area (Å²) in [6, 6.07) is 0. The largest absolute Gasteiger partial charge is 0.317 e. The summed E-state index contributed by atoms with van der Waals surface area (Å²) in [5, 5.41) is 4.12. The van der Waals surface area contributed by atoms with Crippen molar-refractivity contribution in [2.75, 3.05) is 18.4 Å². The normalized spacial score (nSPS) is 9.29. The molecule has 7 heavy (non-hydrogen) atoms. The van der Waals surface area contributed by atoms with Crippen LogP contribution in [0.5, 0.6) is 0 Å². The third-order valence-electron chi connectivity index (χ3n) is 0.592. The third-order valence-corrected chi connectivity index (χ3v) is 0.989. The molecule has 0 amide bonds. The molecule has 1 nitrogen and oxygen atoms in total. The zero-order chi connectivity index (χ0) is 5.54. The smallest absolute Gasteiger partial charge is 0.0670 e. The molecule has 0 aliphatic carbocycles. The van der Waals surface area contributed by atoms with Crippen molar-refractivity contribution in [3.8, 4) is 0 Å². The van der Waals surface area contributed by atoms with E-state index in [-0.39, 0.29) is 0 Å². The van der Waals surface area contributed by atoms with Crippen LogP contribution in [0.3, 0.4) is 0 Å². The Morgan fingerprint density at radius 2 is 2.14 bits per heavy atom. The average Bonchev–Trinajstić information content (AvgIpc) is 1.69. The summed E-state index contributed by atoms with van der Waals surface area (Å²) in [7, 11) is 5.19. The van der Waals surface area contributed by atoms with Crippen LogP contribution in [0.4, 0.5) is 0 Å². The van der Waals surface area contributed by atoms with Gasteiger partial charge in [-0.15, -0.1) is 0 Å². The minimum absolute atomic E-state index is 0.729. The molecule has 0 aliphatic heterocycles. The Labute approximate surface area is 54.4 Å². The highest BCUT2D eigenvalue weighted by Crippen LogP contribution is 1.74. The van der Waals surface area contributed by atoms with Crippen molar-refractivity contribution >= 4 is 23.8 Å². The topological polar surface area (TPSA) is 12.0 Å². The Bertz CT molecular complexity index is 30.9. The van der Waals surface area contributed by atoms with E-state index in [1.165, 1.54) is 0 Å². The Morgan fingerprint density at radius 1 is 1.43 bits per heavy atom. The number of nitrogens with one attached hydrogen (secondary N) is 1. The lowest BCUT2D eigenvalue weighted by molar-refractivity contribution is 0.770. The molecule has 2 radical (unpaired) electrons. The van der Waals surface area contributed by atoms with Gasteiger partial charge in [-0.2, -0.15) is 0 Å². The van der Waals surface area contributed by atoms with Crippen molar-refractivity contribution in [2.24, 2.45) is 0 Å². The van der Waals surface area contributed by atoms with Gasteiger partial charge in [-0.3, -0.25) is 0 Å². The molecule has 0 atom stereocenters. The lowest BCUT2D eigenvalue weighted by Gasteiger charge is -1.95. The summed E-state index contributed by atoms with van der Waals surface area (Å²) in [5.74, 6) is 0. The van der Waals surface area contributed by atoms with Crippen LogP contribution in [0, 0.1) is 0 Å². The molecule has 0 aromatic heterocycles. The zero-order valence-electron chi connectivity index (χ0n) is 4.28. The van der Waals surface area contributed by atoms with Crippen molar-refractivity contribution in [2.45, 2.75) is 6.32 Å². The lowest BCUT2D eigenvalue weighted by Crippen LogP contribution is -2.16. The van der Waals surface area contributed by atoms with E-state index in [1.807, 2.05) is 0 Å². The van der Waals surface area contributed by atoms with Crippen LogP contribution in [0.25, 0.3) is 0 Å². The van der Waals surface area contributed by atoms with Gasteiger partial charge >= 0.3 is 0 Å². The van der Waals surface area contributed by atoms with E-state index < -0.39 is 0 Å². The van der Waals surface area contributed by atoms with E-state index in [1.54, 1.807) is 0 Å². The summed E-state index contributed by atoms with van der Waals surface area (Å²) < 4.78 is 0. The molecule has 0 saturated carbocycles. The summed E-state index contributed by atoms with van der Waals surface area (Å²) in [6.07, 6.45) is 0.729. The zero-order valence-corrected chi connectivity index (χ0v) is 5.87. The molecule has 0 fully saturated rings. The molecule has 1 N–H and O–H groups in total. The molecule has 0 bridgehead atoms. The summed E-state index contributed by atoms with van der Waals surface area (Å²) in [6.45, 7) is 1.93. The Kier molecular flexibility index (Phi) is 6.97. The SMILES string of the molecule is [B]CCNCCBr. The van der Waals surface area contributed by atoms with E-state index in [2.05, 4.69) is 21.2 Å². The van der Waals surface area contributed by atoms with Crippen LogP contribution < -0.4 is 5.32 Å². The molecule has 0 aromatic carbocycles. The van der Waals surface area contributed by atoms with Gasteiger partial charge in [-0.1, -0.05) is 22.3 Å². The predicted molar refractivity (Wildman–Crippen MR) is 37.2 cm³/mol. The second kappa shape index (κ2) is 6.50. The van der Waals surface area contributed by atoms with Crippen LogP contribution in [0.15, 0.2) is 0 Å². The first kappa shape index (κ1) is 7.50. The third kappa shape index (κ3) is 6.50. The van der Waals surface area contributed by atoms with Crippen molar-refractivity contribution in [1.29, 1.82) is 0 Å². The molecule has 0 unspecified atom stereocenters. The maximum atomic E-state index is 5.19. The molecular formula is C4H9BBrN. The molecule has 0 heterocycles. The monoisotopic (exact) mass is 161 g/mol. The van der Waals surface area contributed by atoms with E-state index >= 15 is 0 Å². The molecule has 0 aromatic rings. The fourth-order valence-electron chi connectivity index (χ4n) is 0.294. The predicted octanol–water partition coefficient (Wildman–Crippen LogP) is 0.558. The second-order valence-electron chi connectivity index (χ2n) is 1.23. The maximum absolute atomic E-state index is 5.19. The minimum Gasteiger partial charge on any atom is -0.317 e. The highest BCUT2D eigenvalue weighted by atomic mass is 79.9. The number of hydrogen-bond acceptors (Lipinski definition) is 1. The molecule has 0 spiro atoms. The van der Waals surface area contributed by atoms with Crippen LogP contribution in [-0.2, 0) is 0 Å². The average molecular weight is 162 g/mol. The van der Waals surface area contributed by atoms with Crippen LogP contribution >= 0.6 is 15.9 Å². The lowest BCUT2D eigenvalue weighted by atomic mass is 10.1. The van der Waals surface area contributed by atoms with Crippen LogP contribution in [0.2, 0.25) is 6.32 Å². The molecule has 0 saturated heterocycles. The van der Waals surface area contributed by atoms with Gasteiger partial charge in [0.15, 0.2) is 0 Å². The van der Waals surface area contributed by atoms with E-state index in [0.29, 0.717) is 0 Å². The number of alkyl halides is 1. The van der Waals surface area contributed by atoms with E-state index in [0.717, 1.165) is 24.7 Å². The van der Waals surface area contributed by atoms with Gasteiger partial charge in [-0.25, -0.2) is 0 Å². The maximum Gasteiger partial charge on any atom is 0.0670 e. The fourth-order valence-corrected chi connectivity index (χ4v) is 0.574. The summed E-state index contributed by atoms with van der Waals surface area (Å²) in [4.78, 5) is 0. The summed E-state index contributed by atoms with van der Waals surface area (Å²) in [5.41, 5.74) is 0. The number of halogens is 1. The van der Waals surface area contributed by atoms with Gasteiger partial charge in [0.05, 0.1) is 7.85 Å². The highest BCUT2D eigenvalue weighted by molar-refractivity contribution is 9.09. The quantitative estimate of drug-likeness (QED) is 0.361. The Hall–Kier alpha value is 0.505.